The average molecular weight is 394 g/mol. The molecule has 4 aromatic rings. The second-order valence-corrected chi connectivity index (χ2v) is 6.16. The summed E-state index contributed by atoms with van der Waals surface area (Å²) in [7, 11) is 1.35. The monoisotopic (exact) mass is 394 g/mol. The molecule has 0 N–H and O–H groups in total. The van der Waals surface area contributed by atoms with Crippen molar-refractivity contribution in [3.05, 3.63) is 71.6 Å². The van der Waals surface area contributed by atoms with Gasteiger partial charge in [-0.3, -0.25) is 0 Å². The first-order valence-electron chi connectivity index (χ1n) is 9.10. The first kappa shape index (κ1) is 20.1. The minimum atomic E-state index is -0.397. The largest absolute Gasteiger partial charge is 0.464 e. The summed E-state index contributed by atoms with van der Waals surface area (Å²) in [5, 5.41) is 0. The van der Waals surface area contributed by atoms with Gasteiger partial charge in [0.2, 0.25) is 0 Å². The van der Waals surface area contributed by atoms with Gasteiger partial charge in [-0.25, -0.2) is 19.6 Å². The van der Waals surface area contributed by atoms with Crippen LogP contribution in [0, 0.1) is 13.8 Å². The van der Waals surface area contributed by atoms with E-state index in [0.717, 1.165) is 22.7 Å². The minimum absolute atomic E-state index is 0.362. The topological polar surface area (TPSA) is 87.2 Å². The molecule has 0 spiro atoms. The van der Waals surface area contributed by atoms with Crippen molar-refractivity contribution >= 4 is 23.2 Å². The van der Waals surface area contributed by atoms with E-state index in [0.29, 0.717) is 18.0 Å². The Bertz CT molecular complexity index is 1180. The maximum Gasteiger partial charge on any atom is 0.358 e. The van der Waals surface area contributed by atoms with Gasteiger partial charge in [0.25, 0.3) is 0 Å². The molecule has 0 amide bonds. The summed E-state index contributed by atoms with van der Waals surface area (Å²) in [5.41, 5.74) is 3.89. The molecule has 0 aliphatic carbocycles. The Morgan fingerprint density at radius 2 is 1.34 bits per heavy atom. The van der Waals surface area contributed by atoms with Gasteiger partial charge in [-0.15, -0.1) is 0 Å². The quantitative estimate of drug-likeness (QED) is 0.496. The van der Waals surface area contributed by atoms with E-state index in [4.69, 9.17) is 4.74 Å². The fraction of sp³-hybridized carbons (Fsp3) is 0.238. The molecule has 0 atom stereocenters. The zero-order valence-electron chi connectivity index (χ0n) is 16.7. The van der Waals surface area contributed by atoms with E-state index >= 15 is 0 Å². The number of hydrogen-bond acceptors (Lipinski definition) is 6. The van der Waals surface area contributed by atoms with Crippen molar-refractivity contribution in [2.45, 2.75) is 20.8 Å². The van der Waals surface area contributed by atoms with Crippen molar-refractivity contribution in [3.63, 3.8) is 0 Å². The third kappa shape index (κ3) is 3.96. The van der Waals surface area contributed by atoms with Gasteiger partial charge in [0, 0.05) is 12.4 Å². The van der Waals surface area contributed by atoms with Crippen molar-refractivity contribution in [2.75, 3.05) is 13.7 Å². The molecule has 8 heteroatoms. The highest BCUT2D eigenvalue weighted by molar-refractivity contribution is 5.90. The van der Waals surface area contributed by atoms with Gasteiger partial charge in [0.05, 0.1) is 25.1 Å². The van der Waals surface area contributed by atoms with Gasteiger partial charge in [0.1, 0.15) is 11.3 Å². The van der Waals surface area contributed by atoms with E-state index in [2.05, 4.69) is 14.7 Å². The molecule has 0 saturated carbocycles. The van der Waals surface area contributed by atoms with Crippen LogP contribution in [0.2, 0.25) is 0 Å². The summed E-state index contributed by atoms with van der Waals surface area (Å²) in [5.74, 6) is -0.759. The molecule has 0 saturated heterocycles. The number of aromatic nitrogens is 4. The molecule has 8 nitrogen and oxygen atoms in total. The first-order valence-corrected chi connectivity index (χ1v) is 9.10. The Labute approximate surface area is 167 Å². The summed E-state index contributed by atoms with van der Waals surface area (Å²) in [6.45, 7) is 5.84. The lowest BCUT2D eigenvalue weighted by Gasteiger charge is -1.98. The van der Waals surface area contributed by atoms with Crippen LogP contribution in [0.1, 0.15) is 39.3 Å². The standard InChI is InChI=1S/C11H12N2O2.C10H10N2O2/c1-3-15-11(14)10-8(2)13-7-5-4-6-9(13)12-10;1-7-9(10(13)14-2)11-8-5-3-4-6-12(7)8/h4-7H,3H2,1-2H3;3-6H,1-2H3. The highest BCUT2D eigenvalue weighted by Gasteiger charge is 2.16. The molecular formula is C21H22N4O4. The molecule has 4 heterocycles. The van der Waals surface area contributed by atoms with Gasteiger partial charge in [0.15, 0.2) is 11.4 Å². The second-order valence-electron chi connectivity index (χ2n) is 6.16. The molecule has 0 radical (unpaired) electrons. The number of imidazole rings is 2. The Morgan fingerprint density at radius 1 is 0.862 bits per heavy atom. The van der Waals surface area contributed by atoms with Crippen molar-refractivity contribution in [3.8, 4) is 0 Å². The number of methoxy groups -OCH3 is 1. The van der Waals surface area contributed by atoms with Gasteiger partial charge in [-0.05, 0) is 45.0 Å². The van der Waals surface area contributed by atoms with E-state index in [-0.39, 0.29) is 5.97 Å². The molecule has 0 unspecified atom stereocenters. The molecule has 29 heavy (non-hydrogen) atoms. The highest BCUT2D eigenvalue weighted by atomic mass is 16.5. The van der Waals surface area contributed by atoms with Gasteiger partial charge in [-0.1, -0.05) is 12.1 Å². The van der Waals surface area contributed by atoms with E-state index in [9.17, 15) is 9.59 Å². The van der Waals surface area contributed by atoms with Crippen LogP contribution in [0.3, 0.4) is 0 Å². The van der Waals surface area contributed by atoms with Crippen molar-refractivity contribution in [2.24, 2.45) is 0 Å². The van der Waals surface area contributed by atoms with Crippen LogP contribution >= 0.6 is 0 Å². The number of esters is 2. The molecule has 0 aromatic carbocycles. The Morgan fingerprint density at radius 3 is 1.76 bits per heavy atom. The van der Waals surface area contributed by atoms with Crippen LogP contribution in [-0.4, -0.2) is 44.4 Å². The molecule has 0 aliphatic rings. The van der Waals surface area contributed by atoms with Crippen LogP contribution in [0.5, 0.6) is 0 Å². The van der Waals surface area contributed by atoms with Gasteiger partial charge < -0.3 is 18.3 Å². The van der Waals surface area contributed by atoms with Crippen molar-refractivity contribution in [1.82, 2.24) is 18.8 Å². The summed E-state index contributed by atoms with van der Waals surface area (Å²) in [6, 6.07) is 11.3. The molecule has 0 fully saturated rings. The molecular weight excluding hydrogens is 372 g/mol. The van der Waals surface area contributed by atoms with E-state index in [1.165, 1.54) is 7.11 Å². The number of rotatable bonds is 3. The van der Waals surface area contributed by atoms with Crippen LogP contribution in [-0.2, 0) is 9.47 Å². The molecule has 4 rings (SSSR count). The molecule has 4 aromatic heterocycles. The van der Waals surface area contributed by atoms with E-state index in [1.54, 1.807) is 6.92 Å². The summed E-state index contributed by atoms with van der Waals surface area (Å²) in [6.07, 6.45) is 3.74. The third-order valence-electron chi connectivity index (χ3n) is 4.39. The first-order chi connectivity index (χ1) is 14.0. The number of pyridine rings is 2. The van der Waals surface area contributed by atoms with E-state index < -0.39 is 5.97 Å². The van der Waals surface area contributed by atoms with Crippen molar-refractivity contribution in [1.29, 1.82) is 0 Å². The molecule has 0 aliphatic heterocycles. The Kier molecular flexibility index (Phi) is 5.92. The minimum Gasteiger partial charge on any atom is -0.464 e. The van der Waals surface area contributed by atoms with Gasteiger partial charge in [-0.2, -0.15) is 0 Å². The number of carbonyl (C=O) groups excluding carboxylic acids is 2. The normalized spacial score (nSPS) is 10.5. The Balaban J connectivity index is 0.000000166. The average Bonchev–Trinajstić information content (AvgIpc) is 3.26. The maximum absolute atomic E-state index is 11.5. The van der Waals surface area contributed by atoms with Crippen molar-refractivity contribution < 1.29 is 19.1 Å². The molecule has 0 bridgehead atoms. The Hall–Kier alpha value is -3.68. The predicted molar refractivity (Wildman–Crippen MR) is 107 cm³/mol. The van der Waals surface area contributed by atoms with Gasteiger partial charge >= 0.3 is 11.9 Å². The van der Waals surface area contributed by atoms with Crippen LogP contribution < -0.4 is 0 Å². The third-order valence-corrected chi connectivity index (χ3v) is 4.39. The summed E-state index contributed by atoms with van der Waals surface area (Å²) in [4.78, 5) is 31.2. The predicted octanol–water partition coefficient (Wildman–Crippen LogP) is 3.25. The molecule has 150 valence electrons. The number of nitrogens with zero attached hydrogens (tertiary/aromatic N) is 4. The summed E-state index contributed by atoms with van der Waals surface area (Å²) >= 11 is 0. The second kappa shape index (κ2) is 8.55. The number of hydrogen-bond donors (Lipinski definition) is 0. The SMILES string of the molecule is CCOC(=O)c1nc2ccccn2c1C.COC(=O)c1nc2ccccn2c1C. The lowest BCUT2D eigenvalue weighted by atomic mass is 10.3. The van der Waals surface area contributed by atoms with Crippen LogP contribution in [0.4, 0.5) is 0 Å². The highest BCUT2D eigenvalue weighted by Crippen LogP contribution is 2.13. The smallest absolute Gasteiger partial charge is 0.358 e. The number of carbonyl (C=O) groups is 2. The number of fused-ring (bicyclic) bond motifs is 2. The van der Waals surface area contributed by atoms with E-state index in [1.807, 2.05) is 71.4 Å². The number of ether oxygens (including phenoxy) is 2. The maximum atomic E-state index is 11.5. The van der Waals surface area contributed by atoms with Crippen LogP contribution in [0.25, 0.3) is 11.3 Å². The lowest BCUT2D eigenvalue weighted by Crippen LogP contribution is -2.06. The van der Waals surface area contributed by atoms with Crippen LogP contribution in [0.15, 0.2) is 48.8 Å². The summed E-state index contributed by atoms with van der Waals surface area (Å²) < 4.78 is 13.3. The fourth-order valence-corrected chi connectivity index (χ4v) is 2.92. The number of aryl methyl sites for hydroxylation is 2. The fourth-order valence-electron chi connectivity index (χ4n) is 2.92. The zero-order chi connectivity index (χ0) is 21.0. The zero-order valence-corrected chi connectivity index (χ0v) is 16.7. The lowest BCUT2D eigenvalue weighted by molar-refractivity contribution is 0.0518.